The molecule has 1 amide bonds. The second-order valence-corrected chi connectivity index (χ2v) is 8.56. The fourth-order valence-electron chi connectivity index (χ4n) is 2.81. The molecule has 1 aromatic heterocycles. The van der Waals surface area contributed by atoms with Crippen LogP contribution in [0.15, 0.2) is 76.2 Å². The van der Waals surface area contributed by atoms with Gasteiger partial charge >= 0.3 is 6.18 Å². The lowest BCUT2D eigenvalue weighted by Gasteiger charge is -2.21. The molecule has 1 N–H and O–H groups in total. The molecule has 11 heteroatoms. The highest BCUT2D eigenvalue weighted by Gasteiger charge is 2.34. The summed E-state index contributed by atoms with van der Waals surface area (Å²) in [6.45, 7) is -1.08. The van der Waals surface area contributed by atoms with Gasteiger partial charge in [0.1, 0.15) is 5.76 Å². The van der Waals surface area contributed by atoms with Gasteiger partial charge in [0, 0.05) is 5.69 Å². The summed E-state index contributed by atoms with van der Waals surface area (Å²) in [5, 5.41) is 11.4. The SMILES string of the molecule is N#Cc1cccc(NC(=O)CN(Cc2ccco2)S(=O)(=O)c2cccc(C(F)(F)F)c2)c1. The molecule has 0 atom stereocenters. The Morgan fingerprint density at radius 1 is 1.09 bits per heavy atom. The Morgan fingerprint density at radius 2 is 1.84 bits per heavy atom. The average molecular weight is 463 g/mol. The number of rotatable bonds is 7. The Balaban J connectivity index is 1.90. The molecule has 3 rings (SSSR count). The molecular formula is C21H16F3N3O4S. The van der Waals surface area contributed by atoms with Crippen LogP contribution >= 0.6 is 0 Å². The maximum atomic E-state index is 13.1. The van der Waals surface area contributed by atoms with E-state index in [1.54, 1.807) is 0 Å². The number of carbonyl (C=O) groups excluding carboxylic acids is 1. The Hall–Kier alpha value is -3.62. The Morgan fingerprint density at radius 3 is 2.50 bits per heavy atom. The summed E-state index contributed by atoms with van der Waals surface area (Å²) in [6, 6.07) is 14.1. The van der Waals surface area contributed by atoms with Crippen molar-refractivity contribution in [2.75, 3.05) is 11.9 Å². The number of anilines is 1. The number of alkyl halides is 3. The van der Waals surface area contributed by atoms with Crippen molar-refractivity contribution in [3.63, 3.8) is 0 Å². The first-order valence-corrected chi connectivity index (χ1v) is 10.5. The monoisotopic (exact) mass is 463 g/mol. The molecule has 0 radical (unpaired) electrons. The molecule has 0 fully saturated rings. The minimum absolute atomic E-state index is 0.194. The van der Waals surface area contributed by atoms with Crippen molar-refractivity contribution in [3.05, 3.63) is 83.8 Å². The molecule has 2 aromatic carbocycles. The van der Waals surface area contributed by atoms with E-state index in [0.29, 0.717) is 10.4 Å². The van der Waals surface area contributed by atoms with E-state index in [0.717, 1.165) is 18.2 Å². The summed E-state index contributed by atoms with van der Waals surface area (Å²) < 4.78 is 71.3. The first-order chi connectivity index (χ1) is 15.1. The van der Waals surface area contributed by atoms with E-state index in [2.05, 4.69) is 5.32 Å². The standard InChI is InChI=1S/C21H16F3N3O4S/c22-21(23,24)16-5-2-8-19(11-16)32(29,30)27(13-18-7-3-9-31-18)14-20(28)26-17-6-1-4-15(10-17)12-25/h1-11H,13-14H2,(H,26,28). The highest BCUT2D eigenvalue weighted by Crippen LogP contribution is 2.31. The average Bonchev–Trinajstić information content (AvgIpc) is 3.26. The summed E-state index contributed by atoms with van der Waals surface area (Å²) in [5.74, 6) is -0.554. The maximum Gasteiger partial charge on any atom is 0.416 e. The third-order valence-corrected chi connectivity index (χ3v) is 6.09. The molecule has 0 bridgehead atoms. The Kier molecular flexibility index (Phi) is 6.67. The van der Waals surface area contributed by atoms with Crippen LogP contribution in [0.25, 0.3) is 0 Å². The molecule has 0 saturated carbocycles. The van der Waals surface area contributed by atoms with E-state index in [4.69, 9.17) is 9.68 Å². The maximum absolute atomic E-state index is 13.1. The van der Waals surface area contributed by atoms with E-state index < -0.39 is 39.1 Å². The molecule has 3 aromatic rings. The molecule has 0 spiro atoms. The molecule has 1 heterocycles. The van der Waals surface area contributed by atoms with Gasteiger partial charge in [-0.05, 0) is 48.5 Å². The first-order valence-electron chi connectivity index (χ1n) is 9.09. The predicted octanol–water partition coefficient (Wildman–Crippen LogP) is 4.00. The molecule has 0 aliphatic carbocycles. The van der Waals surface area contributed by atoms with Gasteiger partial charge in [0.05, 0.1) is 41.4 Å². The highest BCUT2D eigenvalue weighted by atomic mass is 32.2. The van der Waals surface area contributed by atoms with Crippen LogP contribution in [0.5, 0.6) is 0 Å². The normalized spacial score (nSPS) is 11.8. The van der Waals surface area contributed by atoms with Gasteiger partial charge in [0.2, 0.25) is 15.9 Å². The van der Waals surface area contributed by atoms with E-state index in [1.165, 1.54) is 42.7 Å². The van der Waals surface area contributed by atoms with Gasteiger partial charge in [-0.15, -0.1) is 0 Å². The molecule has 32 heavy (non-hydrogen) atoms. The van der Waals surface area contributed by atoms with Gasteiger partial charge < -0.3 is 9.73 Å². The fraction of sp³-hybridized carbons (Fsp3) is 0.143. The van der Waals surface area contributed by atoms with Gasteiger partial charge in [-0.25, -0.2) is 8.42 Å². The number of nitrogens with zero attached hydrogens (tertiary/aromatic N) is 2. The summed E-state index contributed by atoms with van der Waals surface area (Å²) in [6.07, 6.45) is -3.43. The molecule has 0 aliphatic rings. The molecule has 7 nitrogen and oxygen atoms in total. The zero-order valence-corrected chi connectivity index (χ0v) is 17.2. The topological polar surface area (TPSA) is 103 Å². The van der Waals surface area contributed by atoms with Crippen LogP contribution in [-0.4, -0.2) is 25.2 Å². The fourth-order valence-corrected chi connectivity index (χ4v) is 4.22. The molecule has 0 saturated heterocycles. The Labute approximate surface area is 181 Å². The van der Waals surface area contributed by atoms with Crippen LogP contribution in [0.1, 0.15) is 16.9 Å². The second-order valence-electron chi connectivity index (χ2n) is 6.62. The molecule has 0 aliphatic heterocycles. The highest BCUT2D eigenvalue weighted by molar-refractivity contribution is 7.89. The predicted molar refractivity (Wildman–Crippen MR) is 108 cm³/mol. The first kappa shape index (κ1) is 23.1. The lowest BCUT2D eigenvalue weighted by atomic mass is 10.2. The van der Waals surface area contributed by atoms with Crippen LogP contribution in [0.3, 0.4) is 0 Å². The number of amides is 1. The number of benzene rings is 2. The Bertz CT molecular complexity index is 1250. The van der Waals surface area contributed by atoms with Gasteiger partial charge in [-0.1, -0.05) is 12.1 Å². The number of carbonyl (C=O) groups is 1. The lowest BCUT2D eigenvalue weighted by molar-refractivity contribution is -0.137. The quantitative estimate of drug-likeness (QED) is 0.571. The van der Waals surface area contributed by atoms with Crippen molar-refractivity contribution in [2.45, 2.75) is 17.6 Å². The summed E-state index contributed by atoms with van der Waals surface area (Å²) >= 11 is 0. The van der Waals surface area contributed by atoms with E-state index in [-0.39, 0.29) is 23.6 Å². The minimum atomic E-state index is -4.74. The van der Waals surface area contributed by atoms with Crippen LogP contribution in [0.4, 0.5) is 18.9 Å². The largest absolute Gasteiger partial charge is 0.468 e. The number of nitriles is 1. The summed E-state index contributed by atoms with van der Waals surface area (Å²) in [7, 11) is -4.50. The van der Waals surface area contributed by atoms with E-state index in [9.17, 15) is 26.4 Å². The molecule has 0 unspecified atom stereocenters. The van der Waals surface area contributed by atoms with Crippen LogP contribution < -0.4 is 5.32 Å². The summed E-state index contributed by atoms with van der Waals surface area (Å²) in [4.78, 5) is 11.9. The zero-order chi connectivity index (χ0) is 23.4. The third kappa shape index (κ3) is 5.54. The van der Waals surface area contributed by atoms with Crippen molar-refractivity contribution in [2.24, 2.45) is 0 Å². The number of furan rings is 1. The van der Waals surface area contributed by atoms with Gasteiger partial charge in [-0.3, -0.25) is 4.79 Å². The van der Waals surface area contributed by atoms with E-state index >= 15 is 0 Å². The van der Waals surface area contributed by atoms with Crippen molar-refractivity contribution in [1.29, 1.82) is 5.26 Å². The van der Waals surface area contributed by atoms with Crippen LogP contribution in [-0.2, 0) is 27.5 Å². The van der Waals surface area contributed by atoms with Crippen molar-refractivity contribution in [1.82, 2.24) is 4.31 Å². The number of halogens is 3. The number of sulfonamides is 1. The molecule has 166 valence electrons. The zero-order valence-electron chi connectivity index (χ0n) is 16.3. The number of hydrogen-bond donors (Lipinski definition) is 1. The van der Waals surface area contributed by atoms with Crippen molar-refractivity contribution >= 4 is 21.6 Å². The smallest absolute Gasteiger partial charge is 0.416 e. The van der Waals surface area contributed by atoms with Crippen LogP contribution in [0, 0.1) is 11.3 Å². The summed E-state index contributed by atoms with van der Waals surface area (Å²) in [5.41, 5.74) is -0.579. The van der Waals surface area contributed by atoms with Crippen molar-refractivity contribution in [3.8, 4) is 6.07 Å². The second kappa shape index (κ2) is 9.25. The minimum Gasteiger partial charge on any atom is -0.468 e. The van der Waals surface area contributed by atoms with E-state index in [1.807, 2.05) is 6.07 Å². The lowest BCUT2D eigenvalue weighted by Crippen LogP contribution is -2.37. The van der Waals surface area contributed by atoms with Crippen molar-refractivity contribution < 1.29 is 30.8 Å². The number of hydrogen-bond acceptors (Lipinski definition) is 5. The van der Waals surface area contributed by atoms with Gasteiger partial charge in [0.25, 0.3) is 0 Å². The van der Waals surface area contributed by atoms with Gasteiger partial charge in [0.15, 0.2) is 0 Å². The third-order valence-electron chi connectivity index (χ3n) is 4.31. The number of nitrogens with one attached hydrogen (secondary N) is 1. The molecular weight excluding hydrogens is 447 g/mol. The van der Waals surface area contributed by atoms with Crippen LogP contribution in [0.2, 0.25) is 0 Å². The van der Waals surface area contributed by atoms with Gasteiger partial charge in [-0.2, -0.15) is 22.7 Å².